The summed E-state index contributed by atoms with van der Waals surface area (Å²) in [5.74, 6) is 0.652. The lowest BCUT2D eigenvalue weighted by atomic mass is 10.0. The summed E-state index contributed by atoms with van der Waals surface area (Å²) in [6, 6.07) is 18.1. The minimum Gasteiger partial charge on any atom is -0.497 e. The van der Waals surface area contributed by atoms with E-state index in [-0.39, 0.29) is 11.9 Å². The van der Waals surface area contributed by atoms with E-state index >= 15 is 0 Å². The molecule has 0 radical (unpaired) electrons. The molecule has 4 nitrogen and oxygen atoms in total. The molecule has 28 heavy (non-hydrogen) atoms. The van der Waals surface area contributed by atoms with Crippen molar-refractivity contribution in [3.8, 4) is 22.7 Å². The van der Waals surface area contributed by atoms with Gasteiger partial charge in [-0.25, -0.2) is 4.79 Å². The topological polar surface area (TPSA) is 40.5 Å². The second-order valence-electron chi connectivity index (χ2n) is 7.06. The third kappa shape index (κ3) is 3.68. The molecule has 0 saturated carbocycles. The van der Waals surface area contributed by atoms with Gasteiger partial charge in [0, 0.05) is 11.3 Å². The van der Waals surface area contributed by atoms with Gasteiger partial charge in [0.05, 0.1) is 19.4 Å². The van der Waals surface area contributed by atoms with Crippen molar-refractivity contribution in [1.29, 1.82) is 0 Å². The maximum atomic E-state index is 12.9. The van der Waals surface area contributed by atoms with E-state index in [2.05, 4.69) is 39.0 Å². The Bertz CT molecular complexity index is 968. The van der Waals surface area contributed by atoms with Gasteiger partial charge >= 0.3 is 5.97 Å². The summed E-state index contributed by atoms with van der Waals surface area (Å²) in [7, 11) is 1.64. The molecule has 3 rings (SSSR count). The number of carbonyl (C=O) groups excluding carboxylic acids is 1. The molecule has 0 amide bonds. The number of rotatable bonds is 6. The van der Waals surface area contributed by atoms with Crippen LogP contribution in [0.3, 0.4) is 0 Å². The fraction of sp³-hybridized carbons (Fsp3) is 0.292. The van der Waals surface area contributed by atoms with E-state index in [9.17, 15) is 4.79 Å². The van der Waals surface area contributed by atoms with Gasteiger partial charge in [0.25, 0.3) is 0 Å². The van der Waals surface area contributed by atoms with Crippen molar-refractivity contribution >= 4 is 5.97 Å². The van der Waals surface area contributed by atoms with Crippen molar-refractivity contribution in [3.63, 3.8) is 0 Å². The highest BCUT2D eigenvalue weighted by molar-refractivity contribution is 5.93. The number of aryl methyl sites for hydroxylation is 1. The van der Waals surface area contributed by atoms with Crippen molar-refractivity contribution < 1.29 is 14.3 Å². The SMILES string of the molecule is CCOC(=O)c1c(C(C)C)cc(-c2ccccc2C)n1-c1ccc(OC)cc1. The van der Waals surface area contributed by atoms with Crippen LogP contribution in [0.15, 0.2) is 54.6 Å². The third-order valence-electron chi connectivity index (χ3n) is 4.87. The fourth-order valence-electron chi connectivity index (χ4n) is 3.44. The van der Waals surface area contributed by atoms with Crippen LogP contribution in [0.4, 0.5) is 0 Å². The highest BCUT2D eigenvalue weighted by Gasteiger charge is 2.26. The number of methoxy groups -OCH3 is 1. The normalized spacial score (nSPS) is 10.9. The van der Waals surface area contributed by atoms with E-state index in [1.54, 1.807) is 7.11 Å². The largest absolute Gasteiger partial charge is 0.497 e. The van der Waals surface area contributed by atoms with E-state index in [4.69, 9.17) is 9.47 Å². The molecule has 1 aromatic heterocycles. The fourth-order valence-corrected chi connectivity index (χ4v) is 3.44. The predicted molar refractivity (Wildman–Crippen MR) is 113 cm³/mol. The zero-order chi connectivity index (χ0) is 20.3. The molecule has 0 aliphatic heterocycles. The van der Waals surface area contributed by atoms with E-state index < -0.39 is 0 Å². The van der Waals surface area contributed by atoms with Gasteiger partial charge in [0.2, 0.25) is 0 Å². The summed E-state index contributed by atoms with van der Waals surface area (Å²) < 4.78 is 12.7. The summed E-state index contributed by atoms with van der Waals surface area (Å²) in [6.07, 6.45) is 0. The number of nitrogens with zero attached hydrogens (tertiary/aromatic N) is 1. The molecular weight excluding hydrogens is 350 g/mol. The minimum absolute atomic E-state index is 0.182. The van der Waals surface area contributed by atoms with Crippen LogP contribution in [0.1, 0.15) is 48.3 Å². The molecule has 0 atom stereocenters. The van der Waals surface area contributed by atoms with Gasteiger partial charge in [0.15, 0.2) is 0 Å². The Morgan fingerprint density at radius 1 is 1.07 bits per heavy atom. The molecule has 1 heterocycles. The Balaban J connectivity index is 2.33. The number of esters is 1. The molecule has 0 aliphatic carbocycles. The third-order valence-corrected chi connectivity index (χ3v) is 4.87. The van der Waals surface area contributed by atoms with Crippen LogP contribution in [-0.4, -0.2) is 24.3 Å². The van der Waals surface area contributed by atoms with E-state index in [1.807, 2.05) is 47.9 Å². The lowest BCUT2D eigenvalue weighted by molar-refractivity contribution is 0.0515. The summed E-state index contributed by atoms with van der Waals surface area (Å²) in [4.78, 5) is 12.9. The molecule has 3 aromatic rings. The molecule has 0 bridgehead atoms. The lowest BCUT2D eigenvalue weighted by Gasteiger charge is -2.16. The summed E-state index contributed by atoms with van der Waals surface area (Å²) in [6.45, 7) is 8.44. The average molecular weight is 377 g/mol. The van der Waals surface area contributed by atoms with Gasteiger partial charge in [-0.1, -0.05) is 38.1 Å². The van der Waals surface area contributed by atoms with Crippen LogP contribution < -0.4 is 4.74 Å². The number of aromatic nitrogens is 1. The lowest BCUT2D eigenvalue weighted by Crippen LogP contribution is -2.14. The first-order chi connectivity index (χ1) is 13.5. The molecule has 0 unspecified atom stereocenters. The Morgan fingerprint density at radius 2 is 1.75 bits per heavy atom. The Hall–Kier alpha value is -3.01. The van der Waals surface area contributed by atoms with E-state index in [1.165, 1.54) is 0 Å². The van der Waals surface area contributed by atoms with Crippen molar-refractivity contribution in [2.75, 3.05) is 13.7 Å². The van der Waals surface area contributed by atoms with Crippen LogP contribution in [0, 0.1) is 6.92 Å². The van der Waals surface area contributed by atoms with Gasteiger partial charge in [-0.3, -0.25) is 0 Å². The quantitative estimate of drug-likeness (QED) is 0.513. The van der Waals surface area contributed by atoms with Crippen LogP contribution in [-0.2, 0) is 4.74 Å². The van der Waals surface area contributed by atoms with Crippen molar-refractivity contribution in [2.45, 2.75) is 33.6 Å². The maximum Gasteiger partial charge on any atom is 0.355 e. The molecular formula is C24H27NO3. The molecule has 0 fully saturated rings. The first-order valence-corrected chi connectivity index (χ1v) is 9.61. The number of hydrogen-bond donors (Lipinski definition) is 0. The highest BCUT2D eigenvalue weighted by Crippen LogP contribution is 2.35. The molecule has 0 aliphatic rings. The van der Waals surface area contributed by atoms with Crippen LogP contribution >= 0.6 is 0 Å². The summed E-state index contributed by atoms with van der Waals surface area (Å²) in [5, 5.41) is 0. The van der Waals surface area contributed by atoms with Gasteiger partial charge < -0.3 is 14.0 Å². The molecule has 0 spiro atoms. The zero-order valence-electron chi connectivity index (χ0n) is 17.2. The van der Waals surface area contributed by atoms with Crippen LogP contribution in [0.5, 0.6) is 5.75 Å². The highest BCUT2D eigenvalue weighted by atomic mass is 16.5. The second-order valence-corrected chi connectivity index (χ2v) is 7.06. The maximum absolute atomic E-state index is 12.9. The van der Waals surface area contributed by atoms with Gasteiger partial charge in [-0.15, -0.1) is 0 Å². The summed E-state index contributed by atoms with van der Waals surface area (Å²) in [5.41, 5.74) is 5.69. The van der Waals surface area contributed by atoms with Gasteiger partial charge in [0.1, 0.15) is 11.4 Å². The Kier molecular flexibility index (Phi) is 5.88. The van der Waals surface area contributed by atoms with Gasteiger partial charge in [-0.05, 0) is 61.2 Å². The number of hydrogen-bond acceptors (Lipinski definition) is 3. The molecule has 0 saturated heterocycles. The Labute approximate surface area is 166 Å². The average Bonchev–Trinajstić information content (AvgIpc) is 3.09. The van der Waals surface area contributed by atoms with Crippen LogP contribution in [0.2, 0.25) is 0 Å². The molecule has 2 aromatic carbocycles. The molecule has 4 heteroatoms. The van der Waals surface area contributed by atoms with E-state index in [0.717, 1.165) is 33.8 Å². The van der Waals surface area contributed by atoms with Crippen molar-refractivity contribution in [3.05, 3.63) is 71.4 Å². The first-order valence-electron chi connectivity index (χ1n) is 9.61. The van der Waals surface area contributed by atoms with Gasteiger partial charge in [-0.2, -0.15) is 0 Å². The Morgan fingerprint density at radius 3 is 2.32 bits per heavy atom. The van der Waals surface area contributed by atoms with Crippen molar-refractivity contribution in [2.24, 2.45) is 0 Å². The second kappa shape index (κ2) is 8.34. The predicted octanol–water partition coefficient (Wildman–Crippen LogP) is 5.76. The smallest absolute Gasteiger partial charge is 0.355 e. The zero-order valence-corrected chi connectivity index (χ0v) is 17.2. The number of ether oxygens (including phenoxy) is 2. The number of benzene rings is 2. The monoisotopic (exact) mass is 377 g/mol. The molecule has 146 valence electrons. The standard InChI is InChI=1S/C24H27NO3/c1-6-28-24(26)23-21(16(2)3)15-22(20-10-8-7-9-17(20)4)25(23)18-11-13-19(27-5)14-12-18/h7-16H,6H2,1-5H3. The van der Waals surface area contributed by atoms with E-state index in [0.29, 0.717) is 12.3 Å². The minimum atomic E-state index is -0.304. The van der Waals surface area contributed by atoms with Crippen LogP contribution in [0.25, 0.3) is 16.9 Å². The number of carbonyl (C=O) groups is 1. The molecule has 0 N–H and O–H groups in total. The van der Waals surface area contributed by atoms with Crippen molar-refractivity contribution in [1.82, 2.24) is 4.57 Å². The summed E-state index contributed by atoms with van der Waals surface area (Å²) >= 11 is 0. The first kappa shape index (κ1) is 19.7.